The minimum Gasteiger partial charge on any atom is -0.313 e. The van der Waals surface area contributed by atoms with Gasteiger partial charge in [-0.1, -0.05) is 91.9 Å². The van der Waals surface area contributed by atoms with Gasteiger partial charge in [-0.05, 0) is 91.3 Å². The number of hydrogen-bond acceptors (Lipinski definition) is 3. The molecule has 5 heteroatoms. The third-order valence-electron chi connectivity index (χ3n) is 10.4. The molecule has 51 heavy (non-hydrogen) atoms. The normalized spacial score (nSPS) is 16.6. The summed E-state index contributed by atoms with van der Waals surface area (Å²) in [6, 6.07) is 38.4. The van der Waals surface area contributed by atoms with E-state index in [1.54, 1.807) is 0 Å². The first-order valence-corrected chi connectivity index (χ1v) is 17.4. The summed E-state index contributed by atoms with van der Waals surface area (Å²) < 4.78 is 4.57. The second kappa shape index (κ2) is 13.0. The van der Waals surface area contributed by atoms with Crippen LogP contribution in [0.3, 0.4) is 0 Å². The lowest BCUT2D eigenvalue weighted by Crippen LogP contribution is -2.09. The SMILES string of the molecule is C/C(C#N)=C(\C=C/C(C)c1cccc(C2=C(n3c4c(c5ccccc53)CC(C#N)C=C4)CCC=C2)c1)n1c2ccccc2c2cc(C#N)ccc21. The lowest BCUT2D eigenvalue weighted by molar-refractivity contribution is 0.808. The van der Waals surface area contributed by atoms with E-state index in [0.29, 0.717) is 11.1 Å². The molecule has 2 aliphatic rings. The summed E-state index contributed by atoms with van der Waals surface area (Å²) in [4.78, 5) is 0. The molecule has 2 aromatic heterocycles. The summed E-state index contributed by atoms with van der Waals surface area (Å²) in [7, 11) is 0. The van der Waals surface area contributed by atoms with Gasteiger partial charge in [-0.25, -0.2) is 0 Å². The molecule has 0 saturated carbocycles. The van der Waals surface area contributed by atoms with E-state index in [1.807, 2.05) is 43.3 Å². The number of rotatable bonds is 6. The fourth-order valence-corrected chi connectivity index (χ4v) is 7.80. The van der Waals surface area contributed by atoms with Crippen LogP contribution >= 0.6 is 0 Å². The maximum atomic E-state index is 10.1. The highest BCUT2D eigenvalue weighted by molar-refractivity contribution is 6.11. The van der Waals surface area contributed by atoms with Gasteiger partial charge in [0.25, 0.3) is 0 Å². The third-order valence-corrected chi connectivity index (χ3v) is 10.4. The summed E-state index contributed by atoms with van der Waals surface area (Å²) >= 11 is 0. The molecular formula is C46H35N5. The van der Waals surface area contributed by atoms with Crippen molar-refractivity contribution in [2.75, 3.05) is 0 Å². The Morgan fingerprint density at radius 2 is 1.63 bits per heavy atom. The Labute approximate surface area is 297 Å². The number of nitriles is 3. The second-order valence-corrected chi connectivity index (χ2v) is 13.4. The van der Waals surface area contributed by atoms with Gasteiger partial charge in [0.15, 0.2) is 0 Å². The number of para-hydroxylation sites is 2. The first-order chi connectivity index (χ1) is 25.0. The van der Waals surface area contributed by atoms with E-state index in [-0.39, 0.29) is 11.8 Å². The van der Waals surface area contributed by atoms with Crippen LogP contribution in [0.5, 0.6) is 0 Å². The van der Waals surface area contributed by atoms with Gasteiger partial charge in [-0.2, -0.15) is 15.8 Å². The van der Waals surface area contributed by atoms with Crippen molar-refractivity contribution < 1.29 is 0 Å². The highest BCUT2D eigenvalue weighted by Gasteiger charge is 2.25. The number of allylic oxidation sites excluding steroid dienone is 9. The van der Waals surface area contributed by atoms with Crippen molar-refractivity contribution in [1.29, 1.82) is 15.8 Å². The number of aromatic nitrogens is 2. The summed E-state index contributed by atoms with van der Waals surface area (Å²) in [6.45, 7) is 4.05. The predicted molar refractivity (Wildman–Crippen MR) is 208 cm³/mol. The van der Waals surface area contributed by atoms with Crippen molar-refractivity contribution in [2.45, 2.75) is 39.0 Å². The van der Waals surface area contributed by atoms with E-state index in [0.717, 1.165) is 46.8 Å². The molecule has 0 bridgehead atoms. The largest absolute Gasteiger partial charge is 0.313 e. The standard InChI is InChI=1S/C46H35N5/c1-30(18-21-41(31(2)27-47)50-43-16-7-4-13-37(43)39-24-32(28-48)19-22-45(39)50)34-10-9-11-35(26-34)36-12-3-6-15-42(36)51-44-17-8-5-14-38(44)40-25-33(29-49)20-23-46(40)51/h3-5,7-14,16-24,26,30,33H,6,15,25H2,1-2H3/b21-18-,41-31-. The summed E-state index contributed by atoms with van der Waals surface area (Å²) in [5.74, 6) is -0.0475. The van der Waals surface area contributed by atoms with Crippen molar-refractivity contribution in [1.82, 2.24) is 9.13 Å². The lowest BCUT2D eigenvalue weighted by atomic mass is 9.91. The molecule has 0 amide bonds. The van der Waals surface area contributed by atoms with Gasteiger partial charge in [0.2, 0.25) is 0 Å². The first-order valence-electron chi connectivity index (χ1n) is 17.4. The molecule has 0 aliphatic heterocycles. The molecular weight excluding hydrogens is 623 g/mol. The number of hydrogen-bond donors (Lipinski definition) is 0. The highest BCUT2D eigenvalue weighted by Crippen LogP contribution is 2.41. The van der Waals surface area contributed by atoms with Crippen LogP contribution < -0.4 is 0 Å². The van der Waals surface area contributed by atoms with Crippen molar-refractivity contribution >= 4 is 55.8 Å². The summed E-state index contributed by atoms with van der Waals surface area (Å²) in [5, 5.41) is 32.7. The molecule has 0 fully saturated rings. The monoisotopic (exact) mass is 657 g/mol. The molecule has 0 saturated heterocycles. The van der Waals surface area contributed by atoms with Crippen LogP contribution in [0.4, 0.5) is 0 Å². The maximum Gasteiger partial charge on any atom is 0.0991 e. The minimum absolute atomic E-state index is 0.0624. The number of nitrogens with zero attached hydrogens (tertiary/aromatic N) is 5. The third kappa shape index (κ3) is 5.39. The zero-order valence-corrected chi connectivity index (χ0v) is 28.6. The van der Waals surface area contributed by atoms with Crippen LogP contribution in [-0.4, -0.2) is 9.13 Å². The molecule has 0 spiro atoms. The first kappa shape index (κ1) is 31.6. The Hall–Kier alpha value is -6.61. The summed E-state index contributed by atoms with van der Waals surface area (Å²) in [6.07, 6.45) is 15.6. The number of benzene rings is 4. The quantitative estimate of drug-likeness (QED) is 0.132. The van der Waals surface area contributed by atoms with Gasteiger partial charge in [-0.15, -0.1) is 0 Å². The minimum atomic E-state index is -0.110. The van der Waals surface area contributed by atoms with Gasteiger partial charge in [0.1, 0.15) is 0 Å². The lowest BCUT2D eigenvalue weighted by Gasteiger charge is -2.22. The van der Waals surface area contributed by atoms with Crippen LogP contribution in [0.15, 0.2) is 127 Å². The molecule has 4 aromatic carbocycles. The molecule has 0 radical (unpaired) electrons. The van der Waals surface area contributed by atoms with E-state index >= 15 is 0 Å². The van der Waals surface area contributed by atoms with Gasteiger partial charge < -0.3 is 9.13 Å². The molecule has 244 valence electrons. The fraction of sp³-hybridized carbons (Fsp3) is 0.152. The molecule has 2 heterocycles. The van der Waals surface area contributed by atoms with E-state index < -0.39 is 0 Å². The van der Waals surface area contributed by atoms with Crippen LogP contribution in [0.2, 0.25) is 0 Å². The molecule has 5 nitrogen and oxygen atoms in total. The molecule has 8 rings (SSSR count). The van der Waals surface area contributed by atoms with Gasteiger partial charge >= 0.3 is 0 Å². The smallest absolute Gasteiger partial charge is 0.0991 e. The van der Waals surface area contributed by atoms with E-state index in [4.69, 9.17) is 0 Å². The molecule has 2 unspecified atom stereocenters. The van der Waals surface area contributed by atoms with Crippen molar-refractivity contribution in [2.24, 2.45) is 5.92 Å². The highest BCUT2D eigenvalue weighted by atomic mass is 15.0. The fourth-order valence-electron chi connectivity index (χ4n) is 7.80. The Balaban J connectivity index is 1.20. The zero-order valence-electron chi connectivity index (χ0n) is 28.6. The van der Waals surface area contributed by atoms with Crippen LogP contribution in [0.25, 0.3) is 55.8 Å². The molecule has 2 aliphatic carbocycles. The van der Waals surface area contributed by atoms with Gasteiger partial charge in [0.05, 0.1) is 57.5 Å². The Morgan fingerprint density at radius 1 is 0.843 bits per heavy atom. The topological polar surface area (TPSA) is 81.2 Å². The summed E-state index contributed by atoms with van der Waals surface area (Å²) in [5.41, 5.74) is 12.4. The van der Waals surface area contributed by atoms with Crippen molar-refractivity contribution in [3.05, 3.63) is 155 Å². The Morgan fingerprint density at radius 3 is 2.43 bits per heavy atom. The van der Waals surface area contributed by atoms with E-state index in [1.165, 1.54) is 44.6 Å². The van der Waals surface area contributed by atoms with Gasteiger partial charge in [-0.3, -0.25) is 0 Å². The molecule has 0 N–H and O–H groups in total. The van der Waals surface area contributed by atoms with Crippen LogP contribution in [-0.2, 0) is 6.42 Å². The average Bonchev–Trinajstić information content (AvgIpc) is 3.69. The maximum absolute atomic E-state index is 10.1. The Bertz CT molecular complexity index is 2680. The van der Waals surface area contributed by atoms with Crippen molar-refractivity contribution in [3.63, 3.8) is 0 Å². The van der Waals surface area contributed by atoms with Crippen LogP contribution in [0.1, 0.15) is 60.6 Å². The molecule has 6 aromatic rings. The van der Waals surface area contributed by atoms with E-state index in [2.05, 4.69) is 125 Å². The van der Waals surface area contributed by atoms with Gasteiger partial charge in [0, 0.05) is 33.1 Å². The number of fused-ring (bicyclic) bond motifs is 6. The van der Waals surface area contributed by atoms with Crippen molar-refractivity contribution in [3.8, 4) is 18.2 Å². The molecule has 2 atom stereocenters. The second-order valence-electron chi connectivity index (χ2n) is 13.4. The van der Waals surface area contributed by atoms with E-state index in [9.17, 15) is 15.8 Å². The Kier molecular flexibility index (Phi) is 8.08. The zero-order chi connectivity index (χ0) is 35.1. The van der Waals surface area contributed by atoms with Crippen LogP contribution in [0, 0.1) is 39.9 Å². The average molecular weight is 658 g/mol. The predicted octanol–water partition coefficient (Wildman–Crippen LogP) is 11.2.